The Bertz CT molecular complexity index is 1160. The van der Waals surface area contributed by atoms with Gasteiger partial charge in [0.1, 0.15) is 40.8 Å². The molecule has 1 saturated heterocycles. The summed E-state index contributed by atoms with van der Waals surface area (Å²) in [6, 6.07) is 3.56. The van der Waals surface area contributed by atoms with Crippen molar-refractivity contribution in [2.24, 2.45) is 5.41 Å². The van der Waals surface area contributed by atoms with Gasteiger partial charge in [-0.15, -0.1) is 0 Å². The first-order valence-corrected chi connectivity index (χ1v) is 9.63. The third kappa shape index (κ3) is 2.98. The molecule has 4 N–H and O–H groups in total. The van der Waals surface area contributed by atoms with E-state index < -0.39 is 5.66 Å². The molecule has 10 nitrogen and oxygen atoms in total. The lowest BCUT2D eigenvalue weighted by molar-refractivity contribution is 0.0167. The fraction of sp³-hybridized carbons (Fsp3) is 0.450. The monoisotopic (exact) mass is 408 g/mol. The third-order valence-electron chi connectivity index (χ3n) is 5.62. The Morgan fingerprint density at radius 1 is 1.30 bits per heavy atom. The number of aryl methyl sites for hydroxylation is 1. The van der Waals surface area contributed by atoms with Crippen molar-refractivity contribution in [2.45, 2.75) is 32.9 Å². The van der Waals surface area contributed by atoms with Gasteiger partial charge >= 0.3 is 0 Å². The van der Waals surface area contributed by atoms with Gasteiger partial charge in [0.15, 0.2) is 5.82 Å². The molecule has 1 unspecified atom stereocenters. The van der Waals surface area contributed by atoms with Crippen LogP contribution in [0.4, 0.5) is 17.3 Å². The highest BCUT2D eigenvalue weighted by Gasteiger charge is 2.51. The molecule has 0 aromatic carbocycles. The van der Waals surface area contributed by atoms with E-state index in [4.69, 9.17) is 5.73 Å². The van der Waals surface area contributed by atoms with Gasteiger partial charge in [-0.25, -0.2) is 9.97 Å². The summed E-state index contributed by atoms with van der Waals surface area (Å²) in [7, 11) is 1.98. The predicted molar refractivity (Wildman–Crippen MR) is 111 cm³/mol. The Hall–Kier alpha value is -3.45. The number of nitrogens with two attached hydrogens (primary N) is 1. The van der Waals surface area contributed by atoms with E-state index in [-0.39, 0.29) is 39.8 Å². The molecule has 2 aromatic rings. The average Bonchev–Trinajstić information content (AvgIpc) is 2.89. The lowest BCUT2D eigenvalue weighted by atomic mass is 9.78. The van der Waals surface area contributed by atoms with Crippen LogP contribution >= 0.6 is 0 Å². The first kappa shape index (κ1) is 19.8. The number of nitrogen functional groups attached to an aromatic ring is 1. The lowest BCUT2D eigenvalue weighted by Gasteiger charge is -2.47. The van der Waals surface area contributed by atoms with Crippen molar-refractivity contribution in [3.05, 3.63) is 39.6 Å². The van der Waals surface area contributed by atoms with Gasteiger partial charge < -0.3 is 21.3 Å². The summed E-state index contributed by atoms with van der Waals surface area (Å²) in [4.78, 5) is 36.4. The molecule has 0 aliphatic carbocycles. The van der Waals surface area contributed by atoms with E-state index >= 15 is 0 Å². The molecule has 2 aromatic heterocycles. The summed E-state index contributed by atoms with van der Waals surface area (Å²) in [5.74, 6) is -0.0855. The number of nitriles is 1. The number of likely N-dealkylation sites (N-methyl/N-ethyl adjacent to an activating group) is 1. The van der Waals surface area contributed by atoms with Gasteiger partial charge in [0.25, 0.3) is 11.5 Å². The normalized spacial score (nSPS) is 22.4. The largest absolute Gasteiger partial charge is 0.382 e. The Morgan fingerprint density at radius 3 is 2.70 bits per heavy atom. The first-order chi connectivity index (χ1) is 14.1. The highest BCUT2D eigenvalue weighted by Crippen LogP contribution is 2.40. The second-order valence-corrected chi connectivity index (χ2v) is 8.95. The molecule has 0 bridgehead atoms. The lowest BCUT2D eigenvalue weighted by Crippen LogP contribution is -2.61. The van der Waals surface area contributed by atoms with Crippen LogP contribution in [0.25, 0.3) is 0 Å². The number of carbonyl (C=O) groups excluding carboxylic acids is 1. The van der Waals surface area contributed by atoms with E-state index in [1.165, 1.54) is 6.33 Å². The zero-order chi connectivity index (χ0) is 21.8. The maximum Gasteiger partial charge on any atom is 0.276 e. The molecule has 1 fully saturated rings. The maximum atomic E-state index is 13.6. The summed E-state index contributed by atoms with van der Waals surface area (Å²) >= 11 is 0. The van der Waals surface area contributed by atoms with Crippen molar-refractivity contribution < 1.29 is 4.79 Å². The molecule has 156 valence electrons. The third-order valence-corrected chi connectivity index (χ3v) is 5.62. The SMILES string of the molecule is Cc1cc(Nc2ncnc(N)c2C#N)c(=O)n2c1C(=O)NC21CN(C)CC(C)(C)C1. The molecule has 4 heterocycles. The number of piperidine rings is 1. The second kappa shape index (κ2) is 6.53. The molecule has 4 rings (SSSR count). The van der Waals surface area contributed by atoms with Crippen LogP contribution in [-0.4, -0.2) is 45.5 Å². The van der Waals surface area contributed by atoms with E-state index in [0.717, 1.165) is 6.54 Å². The molecule has 30 heavy (non-hydrogen) atoms. The minimum absolute atomic E-state index is 0.0250. The van der Waals surface area contributed by atoms with Crippen LogP contribution in [0.5, 0.6) is 0 Å². The van der Waals surface area contributed by atoms with Crippen LogP contribution in [-0.2, 0) is 5.66 Å². The van der Waals surface area contributed by atoms with Gasteiger partial charge in [0.2, 0.25) is 0 Å². The van der Waals surface area contributed by atoms with E-state index in [2.05, 4.69) is 39.3 Å². The summed E-state index contributed by atoms with van der Waals surface area (Å²) in [5, 5.41) is 15.4. The molecule has 10 heteroatoms. The highest BCUT2D eigenvalue weighted by atomic mass is 16.2. The van der Waals surface area contributed by atoms with Crippen LogP contribution in [0.15, 0.2) is 17.2 Å². The Labute approximate surface area is 173 Å². The van der Waals surface area contributed by atoms with Crippen molar-refractivity contribution in [3.8, 4) is 6.07 Å². The van der Waals surface area contributed by atoms with Crippen LogP contribution in [0.3, 0.4) is 0 Å². The number of anilines is 3. The summed E-state index contributed by atoms with van der Waals surface area (Å²) in [6.07, 6.45) is 1.84. The zero-order valence-corrected chi connectivity index (χ0v) is 17.4. The van der Waals surface area contributed by atoms with Crippen molar-refractivity contribution >= 4 is 23.2 Å². The minimum Gasteiger partial charge on any atom is -0.382 e. The number of amides is 1. The fourth-order valence-corrected chi connectivity index (χ4v) is 4.95. The van der Waals surface area contributed by atoms with Gasteiger partial charge in [0.05, 0.1) is 0 Å². The molecular formula is C20H24N8O2. The smallest absolute Gasteiger partial charge is 0.276 e. The van der Waals surface area contributed by atoms with E-state index in [1.807, 2.05) is 13.1 Å². The first-order valence-electron chi connectivity index (χ1n) is 9.63. The Morgan fingerprint density at radius 2 is 2.03 bits per heavy atom. The van der Waals surface area contributed by atoms with E-state index in [1.54, 1.807) is 17.6 Å². The fourth-order valence-electron chi connectivity index (χ4n) is 4.95. The number of fused-ring (bicyclic) bond motifs is 2. The van der Waals surface area contributed by atoms with Gasteiger partial charge in [0, 0.05) is 13.1 Å². The molecule has 2 aliphatic rings. The molecule has 0 saturated carbocycles. The summed E-state index contributed by atoms with van der Waals surface area (Å²) in [5.41, 5.74) is 5.74. The van der Waals surface area contributed by atoms with Gasteiger partial charge in [-0.1, -0.05) is 13.8 Å². The van der Waals surface area contributed by atoms with Crippen molar-refractivity contribution in [1.29, 1.82) is 5.26 Å². The highest BCUT2D eigenvalue weighted by molar-refractivity contribution is 5.97. The van der Waals surface area contributed by atoms with E-state index in [9.17, 15) is 14.9 Å². The molecule has 2 aliphatic heterocycles. The number of aromatic nitrogens is 3. The topological polar surface area (TPSA) is 142 Å². The van der Waals surface area contributed by atoms with E-state index in [0.29, 0.717) is 24.2 Å². The van der Waals surface area contributed by atoms with Crippen molar-refractivity contribution in [1.82, 2.24) is 24.8 Å². The number of likely N-dealkylation sites (tertiary alicyclic amines) is 1. The van der Waals surface area contributed by atoms with Crippen LogP contribution in [0, 0.1) is 23.7 Å². The van der Waals surface area contributed by atoms with Crippen molar-refractivity contribution in [3.63, 3.8) is 0 Å². The molecule has 1 spiro atoms. The standard InChI is InChI=1S/C20H24N8O2/c1-11-5-13(25-16-12(6-21)15(22)23-10-24-16)18(30)28-14(11)17(29)26-20(28)7-19(2,3)8-27(4)9-20/h5,10H,7-9H2,1-4H3,(H,26,29)(H3,22,23,24,25). The number of pyridine rings is 1. The number of hydrogen-bond donors (Lipinski definition) is 3. The Kier molecular flexibility index (Phi) is 4.32. The zero-order valence-electron chi connectivity index (χ0n) is 17.4. The Balaban J connectivity index is 1.89. The second-order valence-electron chi connectivity index (χ2n) is 8.95. The van der Waals surface area contributed by atoms with Crippen LogP contribution < -0.4 is 21.9 Å². The minimum atomic E-state index is -0.842. The quantitative estimate of drug-likeness (QED) is 0.665. The van der Waals surface area contributed by atoms with Gasteiger partial charge in [-0.3, -0.25) is 14.2 Å². The number of rotatable bonds is 2. The molecular weight excluding hydrogens is 384 g/mol. The maximum absolute atomic E-state index is 13.6. The molecule has 1 atom stereocenters. The number of hydrogen-bond acceptors (Lipinski definition) is 8. The van der Waals surface area contributed by atoms with Crippen molar-refractivity contribution in [2.75, 3.05) is 31.2 Å². The number of nitrogens with one attached hydrogen (secondary N) is 2. The van der Waals surface area contributed by atoms with Gasteiger partial charge in [-0.05, 0) is 37.4 Å². The predicted octanol–water partition coefficient (Wildman–Crippen LogP) is 0.902. The molecule has 0 radical (unpaired) electrons. The summed E-state index contributed by atoms with van der Waals surface area (Å²) < 4.78 is 1.57. The summed E-state index contributed by atoms with van der Waals surface area (Å²) in [6.45, 7) is 7.40. The molecule has 1 amide bonds. The van der Waals surface area contributed by atoms with Gasteiger partial charge in [-0.2, -0.15) is 5.26 Å². The number of carbonyl (C=O) groups is 1. The number of nitrogens with zero attached hydrogens (tertiary/aromatic N) is 5. The van der Waals surface area contributed by atoms with Crippen LogP contribution in [0.2, 0.25) is 0 Å². The van der Waals surface area contributed by atoms with Crippen LogP contribution in [0.1, 0.15) is 41.9 Å². The average molecular weight is 408 g/mol.